The van der Waals surface area contributed by atoms with Crippen LogP contribution in [0.1, 0.15) is 12.8 Å². The molecule has 1 aliphatic rings. The van der Waals surface area contributed by atoms with Crippen LogP contribution in [0, 0.1) is 0 Å². The Morgan fingerprint density at radius 3 is 3.09 bits per heavy atom. The van der Waals surface area contributed by atoms with E-state index >= 15 is 0 Å². The van der Waals surface area contributed by atoms with Crippen LogP contribution in [0.25, 0.3) is 0 Å². The quantitative estimate of drug-likeness (QED) is 0.471. The van der Waals surface area contributed by atoms with Gasteiger partial charge in [-0.3, -0.25) is 4.79 Å². The third-order valence-electron chi connectivity index (χ3n) is 1.73. The molecule has 11 heavy (non-hydrogen) atoms. The standard InChI is InChI=1S/C6H12N2O2S/c7-4-11-8-3-1-2-5(8)6(9)10/h5H,1-4,7H2,(H,9,10)/t5-/m0/s1. The molecule has 3 N–H and O–H groups in total. The summed E-state index contributed by atoms with van der Waals surface area (Å²) >= 11 is 1.41. The second kappa shape index (κ2) is 3.94. The van der Waals surface area contributed by atoms with Crippen LogP contribution in [0.5, 0.6) is 0 Å². The Labute approximate surface area is 69.9 Å². The molecule has 64 valence electrons. The Kier molecular flexibility index (Phi) is 3.16. The molecular formula is C6H12N2O2S. The van der Waals surface area contributed by atoms with Gasteiger partial charge in [-0.15, -0.1) is 0 Å². The first-order chi connectivity index (χ1) is 5.25. The van der Waals surface area contributed by atoms with Gasteiger partial charge in [0, 0.05) is 6.54 Å². The maximum atomic E-state index is 10.6. The van der Waals surface area contributed by atoms with Crippen molar-refractivity contribution in [2.75, 3.05) is 12.4 Å². The second-order valence-corrected chi connectivity index (χ2v) is 3.49. The van der Waals surface area contributed by atoms with Crippen LogP contribution in [0.2, 0.25) is 0 Å². The lowest BCUT2D eigenvalue weighted by Gasteiger charge is -2.17. The van der Waals surface area contributed by atoms with Crippen molar-refractivity contribution in [3.63, 3.8) is 0 Å². The molecule has 0 saturated carbocycles. The van der Waals surface area contributed by atoms with Crippen LogP contribution >= 0.6 is 11.9 Å². The fourth-order valence-electron chi connectivity index (χ4n) is 1.24. The predicted molar refractivity (Wildman–Crippen MR) is 44.0 cm³/mol. The Balaban J connectivity index is 2.44. The van der Waals surface area contributed by atoms with Gasteiger partial charge >= 0.3 is 5.97 Å². The summed E-state index contributed by atoms with van der Waals surface area (Å²) < 4.78 is 1.85. The summed E-state index contributed by atoms with van der Waals surface area (Å²) in [5.41, 5.74) is 5.30. The van der Waals surface area contributed by atoms with Crippen molar-refractivity contribution < 1.29 is 9.90 Å². The smallest absolute Gasteiger partial charge is 0.321 e. The molecule has 1 aliphatic heterocycles. The zero-order valence-electron chi connectivity index (χ0n) is 6.19. The van der Waals surface area contributed by atoms with E-state index in [2.05, 4.69) is 0 Å². The van der Waals surface area contributed by atoms with Gasteiger partial charge in [0.05, 0.1) is 5.88 Å². The molecule has 0 aliphatic carbocycles. The number of aliphatic carboxylic acids is 1. The van der Waals surface area contributed by atoms with Gasteiger partial charge in [-0.05, 0) is 12.8 Å². The lowest BCUT2D eigenvalue weighted by Crippen LogP contribution is -2.31. The van der Waals surface area contributed by atoms with Gasteiger partial charge < -0.3 is 10.8 Å². The molecule has 0 bridgehead atoms. The van der Waals surface area contributed by atoms with E-state index in [0.29, 0.717) is 5.88 Å². The summed E-state index contributed by atoms with van der Waals surface area (Å²) in [4.78, 5) is 10.6. The number of hydrogen-bond donors (Lipinski definition) is 2. The van der Waals surface area contributed by atoms with Crippen LogP contribution in [-0.4, -0.2) is 33.8 Å². The van der Waals surface area contributed by atoms with Crippen molar-refractivity contribution in [2.24, 2.45) is 5.73 Å². The fourth-order valence-corrected chi connectivity index (χ4v) is 2.06. The minimum Gasteiger partial charge on any atom is -0.480 e. The van der Waals surface area contributed by atoms with Gasteiger partial charge in [0.2, 0.25) is 0 Å². The summed E-state index contributed by atoms with van der Waals surface area (Å²) in [6.45, 7) is 0.846. The van der Waals surface area contributed by atoms with Crippen molar-refractivity contribution >= 4 is 17.9 Å². The minimum atomic E-state index is -0.733. The molecule has 1 rings (SSSR count). The number of carboxylic acids is 1. The average Bonchev–Trinajstić information content (AvgIpc) is 2.36. The first-order valence-electron chi connectivity index (χ1n) is 3.58. The highest BCUT2D eigenvalue weighted by atomic mass is 32.2. The largest absolute Gasteiger partial charge is 0.480 e. The molecule has 0 aromatic carbocycles. The second-order valence-electron chi connectivity index (χ2n) is 2.43. The molecule has 1 saturated heterocycles. The van der Waals surface area contributed by atoms with E-state index in [9.17, 15) is 4.79 Å². The van der Waals surface area contributed by atoms with Crippen LogP contribution in [-0.2, 0) is 4.79 Å². The van der Waals surface area contributed by atoms with Gasteiger partial charge in [-0.25, -0.2) is 4.31 Å². The van der Waals surface area contributed by atoms with Crippen molar-refractivity contribution in [3.8, 4) is 0 Å². The van der Waals surface area contributed by atoms with Crippen molar-refractivity contribution in [3.05, 3.63) is 0 Å². The predicted octanol–water partition coefficient (Wildman–Crippen LogP) is 0.0998. The molecule has 1 heterocycles. The Morgan fingerprint density at radius 2 is 2.55 bits per heavy atom. The number of carbonyl (C=O) groups is 1. The van der Waals surface area contributed by atoms with E-state index in [0.717, 1.165) is 19.4 Å². The summed E-state index contributed by atoms with van der Waals surface area (Å²) in [6, 6.07) is -0.316. The van der Waals surface area contributed by atoms with Gasteiger partial charge in [-0.1, -0.05) is 11.9 Å². The molecule has 0 aromatic heterocycles. The zero-order valence-corrected chi connectivity index (χ0v) is 7.01. The van der Waals surface area contributed by atoms with E-state index in [1.54, 1.807) is 0 Å². The molecule has 0 aromatic rings. The van der Waals surface area contributed by atoms with Crippen molar-refractivity contribution in [1.82, 2.24) is 4.31 Å². The van der Waals surface area contributed by atoms with Crippen LogP contribution in [0.15, 0.2) is 0 Å². The van der Waals surface area contributed by atoms with E-state index in [-0.39, 0.29) is 6.04 Å². The number of nitrogens with zero attached hydrogens (tertiary/aromatic N) is 1. The highest BCUT2D eigenvalue weighted by Gasteiger charge is 2.30. The number of hydrogen-bond acceptors (Lipinski definition) is 4. The lowest BCUT2D eigenvalue weighted by atomic mass is 10.2. The van der Waals surface area contributed by atoms with E-state index in [4.69, 9.17) is 10.8 Å². The van der Waals surface area contributed by atoms with Gasteiger partial charge in [0.1, 0.15) is 6.04 Å². The topological polar surface area (TPSA) is 66.6 Å². The van der Waals surface area contributed by atoms with Crippen LogP contribution < -0.4 is 5.73 Å². The first-order valence-corrected chi connectivity index (χ1v) is 4.52. The van der Waals surface area contributed by atoms with E-state index in [1.165, 1.54) is 11.9 Å². The molecule has 0 radical (unpaired) electrons. The maximum absolute atomic E-state index is 10.6. The normalized spacial score (nSPS) is 25.7. The highest BCUT2D eigenvalue weighted by Crippen LogP contribution is 2.24. The molecule has 4 nitrogen and oxygen atoms in total. The van der Waals surface area contributed by atoms with Crippen molar-refractivity contribution in [2.45, 2.75) is 18.9 Å². The molecule has 0 unspecified atom stereocenters. The average molecular weight is 176 g/mol. The summed E-state index contributed by atoms with van der Waals surface area (Å²) in [6.07, 6.45) is 1.71. The number of carboxylic acid groups (broad SMARTS) is 1. The van der Waals surface area contributed by atoms with Crippen LogP contribution in [0.3, 0.4) is 0 Å². The zero-order chi connectivity index (χ0) is 8.27. The first kappa shape index (κ1) is 8.83. The molecule has 0 spiro atoms. The molecular weight excluding hydrogens is 164 g/mol. The van der Waals surface area contributed by atoms with Crippen molar-refractivity contribution in [1.29, 1.82) is 0 Å². The van der Waals surface area contributed by atoms with Gasteiger partial charge in [0.15, 0.2) is 0 Å². The van der Waals surface area contributed by atoms with Crippen LogP contribution in [0.4, 0.5) is 0 Å². The third kappa shape index (κ3) is 2.08. The third-order valence-corrected chi connectivity index (χ3v) is 2.65. The monoisotopic (exact) mass is 176 g/mol. The Morgan fingerprint density at radius 1 is 1.82 bits per heavy atom. The fraction of sp³-hybridized carbons (Fsp3) is 0.833. The van der Waals surface area contributed by atoms with Gasteiger partial charge in [0.25, 0.3) is 0 Å². The highest BCUT2D eigenvalue weighted by molar-refractivity contribution is 7.97. The summed E-state index contributed by atoms with van der Waals surface area (Å²) in [5, 5.41) is 8.71. The molecule has 1 atom stereocenters. The lowest BCUT2D eigenvalue weighted by molar-refractivity contribution is -0.140. The minimum absolute atomic E-state index is 0.316. The van der Waals surface area contributed by atoms with E-state index in [1.807, 2.05) is 4.31 Å². The SMILES string of the molecule is NCSN1CCC[C@H]1C(=O)O. The molecule has 5 heteroatoms. The number of rotatable bonds is 3. The Bertz CT molecular complexity index is 154. The number of nitrogens with two attached hydrogens (primary N) is 1. The Hall–Kier alpha value is -0.260. The maximum Gasteiger partial charge on any atom is 0.321 e. The van der Waals surface area contributed by atoms with E-state index < -0.39 is 5.97 Å². The molecule has 0 amide bonds. The van der Waals surface area contributed by atoms with Gasteiger partial charge in [-0.2, -0.15) is 0 Å². The summed E-state index contributed by atoms with van der Waals surface area (Å²) in [7, 11) is 0. The summed E-state index contributed by atoms with van der Waals surface area (Å²) in [5.74, 6) is -0.271. The molecule has 1 fully saturated rings.